The number of nitrogens with zero attached hydrogens (tertiary/aromatic N) is 2. The lowest BCUT2D eigenvalue weighted by Gasteiger charge is -2.22. The Bertz CT molecular complexity index is 684. The lowest BCUT2D eigenvalue weighted by Crippen LogP contribution is -2.47. The number of benzene rings is 1. The number of thiazole rings is 1. The molecule has 1 atom stereocenters. The van der Waals surface area contributed by atoms with Crippen molar-refractivity contribution in [1.82, 2.24) is 10.3 Å². The molecule has 1 aromatic carbocycles. The summed E-state index contributed by atoms with van der Waals surface area (Å²) in [7, 11) is 0. The molecule has 1 aromatic heterocycles. The summed E-state index contributed by atoms with van der Waals surface area (Å²) in [5.74, 6) is 0.498. The fourth-order valence-electron chi connectivity index (χ4n) is 2.25. The van der Waals surface area contributed by atoms with E-state index in [1.54, 1.807) is 11.3 Å². The molecule has 0 unspecified atom stereocenters. The van der Waals surface area contributed by atoms with Crippen LogP contribution in [0.25, 0.3) is 10.2 Å². The average molecular weight is 317 g/mol. The van der Waals surface area contributed by atoms with E-state index >= 15 is 0 Å². The number of para-hydroxylation sites is 1. The highest BCUT2D eigenvalue weighted by molar-refractivity contribution is 8.01. The number of hydrogen-bond donors (Lipinski definition) is 1. The maximum absolute atomic E-state index is 12.0. The highest BCUT2D eigenvalue weighted by Crippen LogP contribution is 2.39. The van der Waals surface area contributed by atoms with Crippen LogP contribution >= 0.6 is 23.1 Å². The SMILES string of the molecule is C[C@@](C#N)(NC(=O)CSc1nc2ccccc2s1)C1CC1. The van der Waals surface area contributed by atoms with Gasteiger partial charge in [0.25, 0.3) is 0 Å². The van der Waals surface area contributed by atoms with Crippen LogP contribution in [0.2, 0.25) is 0 Å². The molecular weight excluding hydrogens is 302 g/mol. The second-order valence-electron chi connectivity index (χ2n) is 5.37. The molecule has 1 aliphatic rings. The van der Waals surface area contributed by atoms with Crippen molar-refractivity contribution in [3.8, 4) is 6.07 Å². The van der Waals surface area contributed by atoms with Gasteiger partial charge in [0.05, 0.1) is 22.0 Å². The third-order valence-electron chi connectivity index (χ3n) is 3.63. The first kappa shape index (κ1) is 14.4. The number of nitrogens with one attached hydrogen (secondary N) is 1. The Morgan fingerprint density at radius 1 is 1.57 bits per heavy atom. The second kappa shape index (κ2) is 5.66. The van der Waals surface area contributed by atoms with Crippen LogP contribution in [0.1, 0.15) is 19.8 Å². The molecule has 4 nitrogen and oxygen atoms in total. The number of carbonyl (C=O) groups excluding carboxylic acids is 1. The van der Waals surface area contributed by atoms with E-state index in [2.05, 4.69) is 16.4 Å². The standard InChI is InChI=1S/C15H15N3OS2/c1-15(9-16,10-6-7-10)18-13(19)8-20-14-17-11-4-2-3-5-12(11)21-14/h2-5,10H,6-8H2,1H3,(H,18,19)/t15-/m0/s1. The molecular formula is C15H15N3OS2. The van der Waals surface area contributed by atoms with Crippen LogP contribution in [0.15, 0.2) is 28.6 Å². The number of carbonyl (C=O) groups is 1. The molecule has 1 amide bonds. The molecule has 0 spiro atoms. The van der Waals surface area contributed by atoms with E-state index in [9.17, 15) is 10.1 Å². The first-order chi connectivity index (χ1) is 10.1. The summed E-state index contributed by atoms with van der Waals surface area (Å²) < 4.78 is 2.01. The van der Waals surface area contributed by atoms with Crippen molar-refractivity contribution in [1.29, 1.82) is 5.26 Å². The van der Waals surface area contributed by atoms with Crippen molar-refractivity contribution in [3.05, 3.63) is 24.3 Å². The maximum Gasteiger partial charge on any atom is 0.231 e. The van der Waals surface area contributed by atoms with Crippen LogP contribution < -0.4 is 5.32 Å². The van der Waals surface area contributed by atoms with Gasteiger partial charge < -0.3 is 5.32 Å². The molecule has 3 rings (SSSR count). The predicted molar refractivity (Wildman–Crippen MR) is 85.2 cm³/mol. The summed E-state index contributed by atoms with van der Waals surface area (Å²) in [4.78, 5) is 16.5. The van der Waals surface area contributed by atoms with Crippen molar-refractivity contribution in [2.45, 2.75) is 29.6 Å². The molecule has 1 N–H and O–H groups in total. The Morgan fingerprint density at radius 3 is 3.00 bits per heavy atom. The number of amides is 1. The van der Waals surface area contributed by atoms with Gasteiger partial charge in [0.15, 0.2) is 4.34 Å². The molecule has 0 aliphatic heterocycles. The Kier molecular flexibility index (Phi) is 3.87. The third-order valence-corrected chi connectivity index (χ3v) is 5.81. The third kappa shape index (κ3) is 3.20. The van der Waals surface area contributed by atoms with Gasteiger partial charge in [0.2, 0.25) is 5.91 Å². The first-order valence-corrected chi connectivity index (χ1v) is 8.61. The molecule has 0 saturated heterocycles. The molecule has 1 heterocycles. The quantitative estimate of drug-likeness (QED) is 0.860. The van der Waals surface area contributed by atoms with Crippen LogP contribution in [-0.2, 0) is 4.79 Å². The van der Waals surface area contributed by atoms with Gasteiger partial charge >= 0.3 is 0 Å². The van der Waals surface area contributed by atoms with Gasteiger partial charge in [-0.3, -0.25) is 4.79 Å². The molecule has 2 aromatic rings. The number of rotatable bonds is 5. The summed E-state index contributed by atoms with van der Waals surface area (Å²) in [5.41, 5.74) is 0.246. The van der Waals surface area contributed by atoms with E-state index in [1.807, 2.05) is 31.2 Å². The summed E-state index contributed by atoms with van der Waals surface area (Å²) in [6, 6.07) is 10.2. The predicted octanol–water partition coefficient (Wildman–Crippen LogP) is 3.20. The summed E-state index contributed by atoms with van der Waals surface area (Å²) in [5, 5.41) is 12.1. The Hall–Kier alpha value is -1.58. The zero-order valence-corrected chi connectivity index (χ0v) is 13.3. The molecule has 108 valence electrons. The maximum atomic E-state index is 12.0. The van der Waals surface area contributed by atoms with E-state index in [0.717, 1.165) is 27.4 Å². The molecule has 1 fully saturated rings. The lowest BCUT2D eigenvalue weighted by atomic mass is 9.98. The highest BCUT2D eigenvalue weighted by Gasteiger charge is 2.42. The smallest absolute Gasteiger partial charge is 0.231 e. The highest BCUT2D eigenvalue weighted by atomic mass is 32.2. The van der Waals surface area contributed by atoms with E-state index in [0.29, 0.717) is 11.7 Å². The minimum Gasteiger partial charge on any atom is -0.337 e. The summed E-state index contributed by atoms with van der Waals surface area (Å²) in [6.45, 7) is 1.81. The fourth-order valence-corrected chi connectivity index (χ4v) is 4.12. The van der Waals surface area contributed by atoms with Gasteiger partial charge in [-0.05, 0) is 37.8 Å². The number of thioether (sulfide) groups is 1. The van der Waals surface area contributed by atoms with E-state index in [1.165, 1.54) is 11.8 Å². The molecule has 6 heteroatoms. The van der Waals surface area contributed by atoms with Crippen LogP contribution in [0.4, 0.5) is 0 Å². The van der Waals surface area contributed by atoms with Crippen molar-refractivity contribution < 1.29 is 4.79 Å². The Balaban J connectivity index is 1.59. The van der Waals surface area contributed by atoms with Crippen LogP contribution in [0.5, 0.6) is 0 Å². The van der Waals surface area contributed by atoms with E-state index in [-0.39, 0.29) is 5.91 Å². The van der Waals surface area contributed by atoms with Gasteiger partial charge in [0.1, 0.15) is 5.54 Å². The number of fused-ring (bicyclic) bond motifs is 1. The summed E-state index contributed by atoms with van der Waals surface area (Å²) in [6.07, 6.45) is 2.05. The van der Waals surface area contributed by atoms with Gasteiger partial charge in [-0.15, -0.1) is 11.3 Å². The minimum absolute atomic E-state index is 0.102. The van der Waals surface area contributed by atoms with Crippen molar-refractivity contribution in [3.63, 3.8) is 0 Å². The molecule has 1 saturated carbocycles. The van der Waals surface area contributed by atoms with Crippen molar-refractivity contribution in [2.75, 3.05) is 5.75 Å². The van der Waals surface area contributed by atoms with Gasteiger partial charge in [-0.1, -0.05) is 23.9 Å². The van der Waals surface area contributed by atoms with Crippen LogP contribution in [0, 0.1) is 17.2 Å². The van der Waals surface area contributed by atoms with E-state index in [4.69, 9.17) is 0 Å². The number of hydrogen-bond acceptors (Lipinski definition) is 5. The van der Waals surface area contributed by atoms with Crippen LogP contribution in [-0.4, -0.2) is 22.2 Å². The van der Waals surface area contributed by atoms with Crippen molar-refractivity contribution >= 4 is 39.2 Å². The second-order valence-corrected chi connectivity index (χ2v) is 7.63. The van der Waals surface area contributed by atoms with Crippen LogP contribution in [0.3, 0.4) is 0 Å². The number of aromatic nitrogens is 1. The normalized spacial score (nSPS) is 17.1. The summed E-state index contributed by atoms with van der Waals surface area (Å²) >= 11 is 3.01. The topological polar surface area (TPSA) is 65.8 Å². The molecule has 0 radical (unpaired) electrons. The largest absolute Gasteiger partial charge is 0.337 e. The van der Waals surface area contributed by atoms with Gasteiger partial charge in [0, 0.05) is 0 Å². The van der Waals surface area contributed by atoms with Crippen molar-refractivity contribution in [2.24, 2.45) is 5.92 Å². The monoisotopic (exact) mass is 317 g/mol. The zero-order valence-electron chi connectivity index (χ0n) is 11.6. The number of nitriles is 1. The lowest BCUT2D eigenvalue weighted by molar-refractivity contribution is -0.119. The van der Waals surface area contributed by atoms with Gasteiger partial charge in [-0.2, -0.15) is 5.26 Å². The van der Waals surface area contributed by atoms with Gasteiger partial charge in [-0.25, -0.2) is 4.98 Å². The van der Waals surface area contributed by atoms with E-state index < -0.39 is 5.54 Å². The minimum atomic E-state index is -0.717. The molecule has 21 heavy (non-hydrogen) atoms. The fraction of sp³-hybridized carbons (Fsp3) is 0.400. The Morgan fingerprint density at radius 2 is 2.33 bits per heavy atom. The first-order valence-electron chi connectivity index (χ1n) is 6.81. The molecule has 1 aliphatic carbocycles. The zero-order chi connectivity index (χ0) is 14.9. The molecule has 0 bridgehead atoms. The Labute approximate surface area is 131 Å². The average Bonchev–Trinajstić information content (AvgIpc) is 3.25.